The monoisotopic (exact) mass is 160 g/mol. The normalized spacial score (nSPS) is 11.8. The van der Waals surface area contributed by atoms with E-state index in [2.05, 4.69) is 20.8 Å². The number of hydrogen-bond acceptors (Lipinski definition) is 2. The van der Waals surface area contributed by atoms with Gasteiger partial charge in [-0.3, -0.25) is 0 Å². The summed E-state index contributed by atoms with van der Waals surface area (Å²) in [6.07, 6.45) is 0.201. The van der Waals surface area contributed by atoms with Crippen LogP contribution in [0.3, 0.4) is 0 Å². The molecule has 0 atom stereocenters. The second-order valence-corrected chi connectivity index (χ2v) is 4.07. The molecule has 0 spiro atoms. The molecule has 0 aromatic rings. The van der Waals surface area contributed by atoms with Crippen molar-refractivity contribution in [3.8, 4) is 0 Å². The fraction of sp³-hybridized carbons (Fsp3) is 0.875. The van der Waals surface area contributed by atoms with Crippen LogP contribution >= 0.6 is 12.2 Å². The fourth-order valence-corrected chi connectivity index (χ4v) is 0.583. The van der Waals surface area contributed by atoms with E-state index in [1.54, 1.807) is 0 Å². The summed E-state index contributed by atoms with van der Waals surface area (Å²) >= 11 is 5.05. The molecule has 0 N–H and O–H groups in total. The van der Waals surface area contributed by atoms with E-state index < -0.39 is 0 Å². The zero-order valence-corrected chi connectivity index (χ0v) is 8.21. The van der Waals surface area contributed by atoms with E-state index in [0.29, 0.717) is 5.05 Å². The van der Waals surface area contributed by atoms with E-state index >= 15 is 0 Å². The zero-order valence-electron chi connectivity index (χ0n) is 7.39. The Kier molecular flexibility index (Phi) is 3.29. The highest BCUT2D eigenvalue weighted by Gasteiger charge is 2.18. The lowest BCUT2D eigenvalue weighted by molar-refractivity contribution is 0.207. The molecule has 0 bridgehead atoms. The van der Waals surface area contributed by atoms with Gasteiger partial charge in [0.25, 0.3) is 0 Å². The van der Waals surface area contributed by atoms with Gasteiger partial charge >= 0.3 is 0 Å². The van der Waals surface area contributed by atoms with Gasteiger partial charge in [-0.15, -0.1) is 0 Å². The summed E-state index contributed by atoms with van der Waals surface area (Å²) in [6, 6.07) is 0. The third kappa shape index (κ3) is 3.83. The van der Waals surface area contributed by atoms with Crippen molar-refractivity contribution in [3.05, 3.63) is 0 Å². The van der Waals surface area contributed by atoms with E-state index in [0.717, 1.165) is 0 Å². The van der Waals surface area contributed by atoms with Gasteiger partial charge in [-0.1, -0.05) is 20.8 Å². The third-order valence-electron chi connectivity index (χ3n) is 0.955. The van der Waals surface area contributed by atoms with Gasteiger partial charge < -0.3 is 4.74 Å². The summed E-state index contributed by atoms with van der Waals surface area (Å²) in [5, 5.41) is 0.697. The second kappa shape index (κ2) is 3.33. The molecular formula is C8H16OS. The van der Waals surface area contributed by atoms with Crippen LogP contribution in [-0.2, 0) is 4.74 Å². The highest BCUT2D eigenvalue weighted by atomic mass is 32.1. The van der Waals surface area contributed by atoms with Crippen LogP contribution in [0.1, 0.15) is 34.6 Å². The Labute approximate surface area is 68.8 Å². The van der Waals surface area contributed by atoms with Crippen molar-refractivity contribution in [3.63, 3.8) is 0 Å². The molecule has 0 saturated carbocycles. The molecule has 2 heteroatoms. The number of thiocarbonyl (C=S) groups is 1. The van der Waals surface area contributed by atoms with Crippen molar-refractivity contribution in [2.45, 2.75) is 40.7 Å². The Bertz CT molecular complexity index is 122. The van der Waals surface area contributed by atoms with Crippen molar-refractivity contribution in [1.29, 1.82) is 0 Å². The van der Waals surface area contributed by atoms with Crippen molar-refractivity contribution in [2.75, 3.05) is 0 Å². The maximum absolute atomic E-state index is 5.35. The topological polar surface area (TPSA) is 9.23 Å². The van der Waals surface area contributed by atoms with E-state index in [9.17, 15) is 0 Å². The summed E-state index contributed by atoms with van der Waals surface area (Å²) in [7, 11) is 0. The Morgan fingerprint density at radius 1 is 1.30 bits per heavy atom. The molecule has 10 heavy (non-hydrogen) atoms. The Hall–Kier alpha value is -0.110. The van der Waals surface area contributed by atoms with Crippen LogP contribution in [0.5, 0.6) is 0 Å². The lowest BCUT2D eigenvalue weighted by Gasteiger charge is -2.21. The van der Waals surface area contributed by atoms with Crippen LogP contribution in [0.15, 0.2) is 0 Å². The van der Waals surface area contributed by atoms with Crippen molar-refractivity contribution >= 4 is 17.3 Å². The van der Waals surface area contributed by atoms with Crippen molar-refractivity contribution in [2.24, 2.45) is 5.41 Å². The van der Waals surface area contributed by atoms with Gasteiger partial charge in [0.2, 0.25) is 0 Å². The first kappa shape index (κ1) is 9.89. The van der Waals surface area contributed by atoms with Gasteiger partial charge in [-0.2, -0.15) is 0 Å². The number of rotatable bonds is 1. The van der Waals surface area contributed by atoms with Gasteiger partial charge in [0.1, 0.15) is 0 Å². The molecule has 0 unspecified atom stereocenters. The fourth-order valence-electron chi connectivity index (χ4n) is 0.391. The molecule has 0 aliphatic carbocycles. The first-order valence-corrected chi connectivity index (χ1v) is 3.96. The summed E-state index contributed by atoms with van der Waals surface area (Å²) in [6.45, 7) is 10.1. The van der Waals surface area contributed by atoms with Gasteiger partial charge in [-0.25, -0.2) is 0 Å². The SMILES string of the molecule is CC(C)OC(=S)C(C)(C)C. The van der Waals surface area contributed by atoms with Crippen LogP contribution in [0.4, 0.5) is 0 Å². The molecule has 0 aliphatic rings. The van der Waals surface area contributed by atoms with E-state index in [1.165, 1.54) is 0 Å². The largest absolute Gasteiger partial charge is 0.484 e. The van der Waals surface area contributed by atoms with E-state index in [4.69, 9.17) is 17.0 Å². The van der Waals surface area contributed by atoms with Gasteiger partial charge in [-0.05, 0) is 26.1 Å². The Morgan fingerprint density at radius 2 is 1.70 bits per heavy atom. The minimum atomic E-state index is -0.000394. The van der Waals surface area contributed by atoms with Crippen molar-refractivity contribution < 1.29 is 4.74 Å². The number of hydrogen-bond donors (Lipinski definition) is 0. The quantitative estimate of drug-likeness (QED) is 0.545. The third-order valence-corrected chi connectivity index (χ3v) is 1.66. The predicted molar refractivity (Wildman–Crippen MR) is 48.3 cm³/mol. The van der Waals surface area contributed by atoms with Gasteiger partial charge in [0.05, 0.1) is 6.10 Å². The van der Waals surface area contributed by atoms with Crippen LogP contribution in [0, 0.1) is 5.41 Å². The first-order chi connectivity index (χ1) is 4.34. The van der Waals surface area contributed by atoms with Crippen LogP contribution in [0.2, 0.25) is 0 Å². The molecule has 0 aromatic carbocycles. The molecule has 0 radical (unpaired) electrons. The Balaban J connectivity index is 3.87. The number of ether oxygens (including phenoxy) is 1. The molecule has 0 amide bonds. The zero-order chi connectivity index (χ0) is 8.36. The van der Waals surface area contributed by atoms with Crippen LogP contribution in [0.25, 0.3) is 0 Å². The lowest BCUT2D eigenvalue weighted by Crippen LogP contribution is -2.23. The average Bonchev–Trinajstić information content (AvgIpc) is 1.60. The smallest absolute Gasteiger partial charge is 0.165 e. The second-order valence-electron chi connectivity index (χ2n) is 3.70. The van der Waals surface area contributed by atoms with Crippen LogP contribution in [-0.4, -0.2) is 11.2 Å². The maximum Gasteiger partial charge on any atom is 0.165 e. The molecular weight excluding hydrogens is 144 g/mol. The molecule has 1 nitrogen and oxygen atoms in total. The summed E-state index contributed by atoms with van der Waals surface area (Å²) in [5.41, 5.74) is -0.000394. The highest BCUT2D eigenvalue weighted by Crippen LogP contribution is 2.17. The molecule has 0 heterocycles. The van der Waals surface area contributed by atoms with Crippen LogP contribution < -0.4 is 0 Å². The average molecular weight is 160 g/mol. The van der Waals surface area contributed by atoms with Gasteiger partial charge in [0, 0.05) is 5.41 Å². The Morgan fingerprint density at radius 3 is 1.80 bits per heavy atom. The summed E-state index contributed by atoms with van der Waals surface area (Å²) in [5.74, 6) is 0. The molecule has 0 aromatic heterocycles. The van der Waals surface area contributed by atoms with Crippen molar-refractivity contribution in [1.82, 2.24) is 0 Å². The predicted octanol–water partition coefficient (Wildman–Crippen LogP) is 2.78. The lowest BCUT2D eigenvalue weighted by atomic mass is 9.98. The minimum Gasteiger partial charge on any atom is -0.484 e. The highest BCUT2D eigenvalue weighted by molar-refractivity contribution is 7.80. The minimum absolute atomic E-state index is 0.000394. The van der Waals surface area contributed by atoms with Gasteiger partial charge in [0.15, 0.2) is 5.05 Å². The summed E-state index contributed by atoms with van der Waals surface area (Å²) in [4.78, 5) is 0. The summed E-state index contributed by atoms with van der Waals surface area (Å²) < 4.78 is 5.35. The standard InChI is InChI=1S/C8H16OS/c1-6(2)9-7(10)8(3,4)5/h6H,1-5H3. The molecule has 0 aliphatic heterocycles. The molecule has 0 rings (SSSR count). The molecule has 0 fully saturated rings. The van der Waals surface area contributed by atoms with E-state index in [1.807, 2.05) is 13.8 Å². The van der Waals surface area contributed by atoms with E-state index in [-0.39, 0.29) is 11.5 Å². The maximum atomic E-state index is 5.35. The molecule has 0 saturated heterocycles. The molecule has 60 valence electrons. The first-order valence-electron chi connectivity index (χ1n) is 3.55.